The van der Waals surface area contributed by atoms with Crippen molar-refractivity contribution >= 4 is 49.6 Å². The Morgan fingerprint density at radius 1 is 0.357 bits per heavy atom. The maximum absolute atomic E-state index is 12.7. The Morgan fingerprint density at radius 3 is 0.957 bits per heavy atom. The van der Waals surface area contributed by atoms with Crippen molar-refractivity contribution in [1.29, 1.82) is 0 Å². The minimum Gasteiger partial charge on any atom is -0.490 e. The van der Waals surface area contributed by atoms with E-state index in [1.54, 1.807) is 12.1 Å². The maximum atomic E-state index is 12.7. The molecule has 0 bridgehead atoms. The fourth-order valence-corrected chi connectivity index (χ4v) is 9.76. The van der Waals surface area contributed by atoms with E-state index in [0.717, 1.165) is 107 Å². The van der Waals surface area contributed by atoms with Crippen LogP contribution >= 0.6 is 0 Å². The number of hydrogen-bond donors (Lipinski definition) is 0. The quantitative estimate of drug-likeness (QED) is 0.0166. The largest absolute Gasteiger partial charge is 0.490 e. The zero-order chi connectivity index (χ0) is 49.4. The van der Waals surface area contributed by atoms with Crippen LogP contribution < -0.4 is 18.9 Å². The molecule has 0 atom stereocenters. The molecule has 0 aliphatic carbocycles. The number of unbranched alkanes of at least 4 members (excludes halogenated alkanes) is 28. The first-order chi connectivity index (χ1) is 34.5. The average Bonchev–Trinajstić information content (AvgIpc) is 3.38. The van der Waals surface area contributed by atoms with Gasteiger partial charge in [-0.3, -0.25) is 0 Å². The third-order valence-corrected chi connectivity index (χ3v) is 14.1. The van der Waals surface area contributed by atoms with Crippen LogP contribution in [-0.4, -0.2) is 49.5 Å². The first-order valence-corrected chi connectivity index (χ1v) is 28.8. The molecular formula is C62H94N2O6. The van der Waals surface area contributed by atoms with Crippen molar-refractivity contribution in [2.75, 3.05) is 33.5 Å². The van der Waals surface area contributed by atoms with Gasteiger partial charge in [0.1, 0.15) is 0 Å². The lowest BCUT2D eigenvalue weighted by Crippen LogP contribution is -2.05. The van der Waals surface area contributed by atoms with Crippen LogP contribution in [0.2, 0.25) is 0 Å². The normalized spacial score (nSPS) is 11.6. The highest BCUT2D eigenvalue weighted by Gasteiger charge is 2.21. The molecule has 5 rings (SSSR count). The molecule has 1 heterocycles. The third kappa shape index (κ3) is 19.0. The Labute approximate surface area is 424 Å². The predicted octanol–water partition coefficient (Wildman–Crippen LogP) is 19.0. The van der Waals surface area contributed by atoms with E-state index >= 15 is 0 Å². The summed E-state index contributed by atoms with van der Waals surface area (Å²) in [4.78, 5) is 23.4. The Kier molecular flexibility index (Phi) is 27.6. The number of nitrogens with zero attached hydrogens (tertiary/aromatic N) is 2. The monoisotopic (exact) mass is 963 g/mol. The van der Waals surface area contributed by atoms with E-state index in [0.29, 0.717) is 43.0 Å². The van der Waals surface area contributed by atoms with Crippen LogP contribution in [0.25, 0.3) is 43.6 Å². The Balaban J connectivity index is 1.53. The number of fused-ring (bicyclic) bond motifs is 7. The molecule has 0 N–H and O–H groups in total. The van der Waals surface area contributed by atoms with Gasteiger partial charge in [0.25, 0.3) is 0 Å². The molecule has 0 unspecified atom stereocenters. The van der Waals surface area contributed by atoms with Gasteiger partial charge in [0.2, 0.25) is 0 Å². The number of hydrogen-bond acceptors (Lipinski definition) is 8. The molecule has 5 aromatic rings. The first-order valence-electron chi connectivity index (χ1n) is 28.8. The Hall–Kier alpha value is -4.33. The molecule has 0 aliphatic rings. The van der Waals surface area contributed by atoms with Gasteiger partial charge in [0.15, 0.2) is 23.0 Å². The van der Waals surface area contributed by atoms with Gasteiger partial charge < -0.3 is 23.7 Å². The molecule has 4 aromatic carbocycles. The maximum Gasteiger partial charge on any atom is 0.337 e. The summed E-state index contributed by atoms with van der Waals surface area (Å²) in [5.74, 6) is 2.60. The van der Waals surface area contributed by atoms with E-state index in [1.807, 2.05) is 6.07 Å². The van der Waals surface area contributed by atoms with Crippen LogP contribution in [0.4, 0.5) is 0 Å². The second-order valence-corrected chi connectivity index (χ2v) is 20.1. The third-order valence-electron chi connectivity index (χ3n) is 14.1. The summed E-state index contributed by atoms with van der Waals surface area (Å²) in [5.41, 5.74) is 3.28. The van der Waals surface area contributed by atoms with Crippen molar-refractivity contribution in [2.45, 2.75) is 233 Å². The first kappa shape index (κ1) is 56.6. The summed E-state index contributed by atoms with van der Waals surface area (Å²) < 4.78 is 32.0. The van der Waals surface area contributed by atoms with Gasteiger partial charge in [-0.2, -0.15) is 0 Å². The molecule has 8 heteroatoms. The van der Waals surface area contributed by atoms with E-state index in [4.69, 9.17) is 33.7 Å². The molecule has 0 spiro atoms. The number of benzene rings is 4. The summed E-state index contributed by atoms with van der Waals surface area (Å²) in [5, 5.41) is 3.88. The molecular weight excluding hydrogens is 869 g/mol. The zero-order valence-electron chi connectivity index (χ0n) is 44.8. The second-order valence-electron chi connectivity index (χ2n) is 20.1. The summed E-state index contributed by atoms with van der Waals surface area (Å²) in [6.45, 7) is 11.6. The molecule has 0 saturated heterocycles. The fourth-order valence-electron chi connectivity index (χ4n) is 9.76. The number of rotatable bonds is 41. The summed E-state index contributed by atoms with van der Waals surface area (Å²) in [7, 11) is 1.41. The molecule has 70 heavy (non-hydrogen) atoms. The molecule has 8 nitrogen and oxygen atoms in total. The lowest BCUT2D eigenvalue weighted by Gasteiger charge is -2.19. The minimum absolute atomic E-state index is 0.403. The van der Waals surface area contributed by atoms with Gasteiger partial charge in [-0.15, -0.1) is 0 Å². The van der Waals surface area contributed by atoms with Gasteiger partial charge in [0, 0.05) is 10.8 Å². The second kappa shape index (κ2) is 34.1. The number of carbonyl (C=O) groups is 1. The average molecular weight is 963 g/mol. The smallest absolute Gasteiger partial charge is 0.337 e. The molecule has 1 aromatic heterocycles. The van der Waals surface area contributed by atoms with Gasteiger partial charge in [-0.1, -0.05) is 207 Å². The van der Waals surface area contributed by atoms with Crippen LogP contribution in [0.5, 0.6) is 23.0 Å². The van der Waals surface area contributed by atoms with Gasteiger partial charge >= 0.3 is 5.97 Å². The lowest BCUT2D eigenvalue weighted by atomic mass is 9.97. The number of aromatic nitrogens is 2. The fraction of sp³-hybridized carbons (Fsp3) is 0.661. The van der Waals surface area contributed by atoms with E-state index in [1.165, 1.54) is 161 Å². The highest BCUT2D eigenvalue weighted by Crippen LogP contribution is 2.44. The molecule has 0 radical (unpaired) electrons. The van der Waals surface area contributed by atoms with E-state index in [2.05, 4.69) is 52.0 Å². The minimum atomic E-state index is -0.403. The van der Waals surface area contributed by atoms with Crippen LogP contribution in [0.15, 0.2) is 42.5 Å². The highest BCUT2D eigenvalue weighted by molar-refractivity contribution is 6.25. The Morgan fingerprint density at radius 2 is 0.643 bits per heavy atom. The van der Waals surface area contributed by atoms with Crippen molar-refractivity contribution in [1.82, 2.24) is 9.97 Å². The van der Waals surface area contributed by atoms with Gasteiger partial charge in [0.05, 0.1) is 61.2 Å². The van der Waals surface area contributed by atoms with Crippen molar-refractivity contribution in [3.8, 4) is 23.0 Å². The highest BCUT2D eigenvalue weighted by atomic mass is 16.5. The van der Waals surface area contributed by atoms with Gasteiger partial charge in [-0.05, 0) is 78.9 Å². The molecule has 0 fully saturated rings. The molecule has 0 aliphatic heterocycles. The van der Waals surface area contributed by atoms with E-state index < -0.39 is 5.97 Å². The van der Waals surface area contributed by atoms with Crippen molar-refractivity contribution < 1.29 is 28.5 Å². The zero-order valence-corrected chi connectivity index (χ0v) is 44.8. The summed E-state index contributed by atoms with van der Waals surface area (Å²) in [6.07, 6.45) is 39.7. The van der Waals surface area contributed by atoms with Crippen LogP contribution in [0, 0.1) is 0 Å². The van der Waals surface area contributed by atoms with E-state index in [9.17, 15) is 4.79 Å². The van der Waals surface area contributed by atoms with Crippen molar-refractivity contribution in [3.05, 3.63) is 48.0 Å². The van der Waals surface area contributed by atoms with Crippen molar-refractivity contribution in [2.24, 2.45) is 0 Å². The topological polar surface area (TPSA) is 89.0 Å². The van der Waals surface area contributed by atoms with Crippen LogP contribution in [-0.2, 0) is 4.74 Å². The SMILES string of the molecule is CCCCCCCCCCOc1cc2c3cc(OCCCCCCCCCC)c(OCCCCCCCCCC)cc3c3nc4cc(C(=O)OC)ccc4nc3c2cc1OCCCCCCCCCC. The number of methoxy groups -OCH3 is 1. The molecule has 0 saturated carbocycles. The standard InChI is InChI=1S/C62H94N2O6/c1-6-10-14-18-22-26-30-34-40-67-56-45-50-51-46-57(68-41-35-31-27-23-19-15-11-7-2)59(70-43-37-33-29-25-21-17-13-9-4)48-53(51)61-60(63-54-39-38-49(62(65)66-5)44-55(54)64-61)52(50)47-58(56)69-42-36-32-28-24-20-16-12-8-3/h38-39,44-48H,6-37,40-43H2,1-5H3. The van der Waals surface area contributed by atoms with Gasteiger partial charge in [-0.25, -0.2) is 14.8 Å². The van der Waals surface area contributed by atoms with Crippen LogP contribution in [0.3, 0.4) is 0 Å². The predicted molar refractivity (Wildman–Crippen MR) is 296 cm³/mol. The summed E-state index contributed by atoms with van der Waals surface area (Å²) in [6, 6.07) is 14.0. The number of ether oxygens (including phenoxy) is 5. The van der Waals surface area contributed by atoms with Crippen LogP contribution in [0.1, 0.15) is 244 Å². The number of carbonyl (C=O) groups excluding carboxylic acids is 1. The number of esters is 1. The summed E-state index contributed by atoms with van der Waals surface area (Å²) >= 11 is 0. The Bertz CT molecular complexity index is 2240. The van der Waals surface area contributed by atoms with E-state index in [-0.39, 0.29) is 0 Å². The van der Waals surface area contributed by atoms with Crippen molar-refractivity contribution in [3.63, 3.8) is 0 Å². The molecule has 0 amide bonds. The molecule has 388 valence electrons. The lowest BCUT2D eigenvalue weighted by molar-refractivity contribution is 0.0601.